The van der Waals surface area contributed by atoms with Gasteiger partial charge in [-0.3, -0.25) is 0 Å². The van der Waals surface area contributed by atoms with Crippen LogP contribution < -0.4 is 5.06 Å². The molecule has 0 bridgehead atoms. The lowest BCUT2D eigenvalue weighted by molar-refractivity contribution is -0.862. The minimum absolute atomic E-state index is 0.174. The van der Waals surface area contributed by atoms with E-state index in [1.54, 1.807) is 0 Å². The van der Waals surface area contributed by atoms with E-state index in [2.05, 4.69) is 4.84 Å². The van der Waals surface area contributed by atoms with Crippen molar-refractivity contribution in [1.82, 2.24) is 0 Å². The Kier molecular flexibility index (Phi) is 2.61. The van der Waals surface area contributed by atoms with Crippen molar-refractivity contribution < 1.29 is 15.0 Å². The number of nitrogens with one attached hydrogen (secondary N) is 1. The van der Waals surface area contributed by atoms with E-state index in [9.17, 15) is 15.3 Å². The lowest BCUT2D eigenvalue weighted by Crippen LogP contribution is -3.08. The molecule has 0 atom stereocenters. The fourth-order valence-electron chi connectivity index (χ4n) is 1.14. The van der Waals surface area contributed by atoms with Crippen LogP contribution in [-0.2, 0) is 4.84 Å². The van der Waals surface area contributed by atoms with Crippen molar-refractivity contribution in [2.75, 3.05) is 13.1 Å². The molecule has 1 aliphatic heterocycles. The molecule has 1 rings (SSSR count). The van der Waals surface area contributed by atoms with E-state index >= 15 is 0 Å². The van der Waals surface area contributed by atoms with Gasteiger partial charge in [0.15, 0.2) is 0 Å². The number of quaternary nitrogens is 1. The largest absolute Gasteiger partial charge is 0.634 e. The number of hydrogen-bond donors (Lipinski definition) is 1. The molecule has 0 aromatic carbocycles. The van der Waals surface area contributed by atoms with Crippen LogP contribution in [0.5, 0.6) is 0 Å². The van der Waals surface area contributed by atoms with E-state index in [0.29, 0.717) is 25.9 Å². The minimum Gasteiger partial charge on any atom is -0.634 e. The number of nitrogens with zero attached hydrogens (tertiary/aromatic N) is 1. The van der Waals surface area contributed by atoms with Gasteiger partial charge in [-0.1, -0.05) is 0 Å². The molecule has 0 aromatic rings. The van der Waals surface area contributed by atoms with Crippen LogP contribution in [0.25, 0.3) is 0 Å². The third kappa shape index (κ3) is 2.69. The normalized spacial score (nSPS) is 31.4. The number of hydroxylamine groups is 2. The van der Waals surface area contributed by atoms with Crippen molar-refractivity contribution in [3.05, 3.63) is 15.3 Å². The van der Waals surface area contributed by atoms with E-state index < -0.39 is 5.09 Å². The minimum atomic E-state index is -0.791. The molecule has 0 aromatic heterocycles. The van der Waals surface area contributed by atoms with Crippen molar-refractivity contribution in [3.63, 3.8) is 0 Å². The Bertz CT molecular complexity index is 143. The maximum Gasteiger partial charge on any atom is 0.294 e. The van der Waals surface area contributed by atoms with Gasteiger partial charge in [-0.15, -0.1) is 10.1 Å². The maximum absolute atomic E-state index is 10.7. The Morgan fingerprint density at radius 3 is 2.45 bits per heavy atom. The second-order valence-corrected chi connectivity index (χ2v) is 2.57. The molecule has 1 aliphatic rings. The second kappa shape index (κ2) is 3.49. The van der Waals surface area contributed by atoms with Gasteiger partial charge in [-0.2, -0.15) is 0 Å². The Morgan fingerprint density at radius 1 is 1.45 bits per heavy atom. The predicted octanol–water partition coefficient (Wildman–Crippen LogP) is -1.26. The van der Waals surface area contributed by atoms with E-state index in [-0.39, 0.29) is 11.2 Å². The van der Waals surface area contributed by atoms with Gasteiger partial charge in [-0.25, -0.2) is 0 Å². The highest BCUT2D eigenvalue weighted by Gasteiger charge is 2.20. The molecule has 64 valence electrons. The Hall–Kier alpha value is -0.880. The van der Waals surface area contributed by atoms with Crippen LogP contribution in [0.1, 0.15) is 12.8 Å². The summed E-state index contributed by atoms with van der Waals surface area (Å²) >= 11 is 0. The van der Waals surface area contributed by atoms with Crippen molar-refractivity contribution >= 4 is 0 Å². The van der Waals surface area contributed by atoms with Crippen LogP contribution in [0.2, 0.25) is 0 Å². The van der Waals surface area contributed by atoms with Gasteiger partial charge < -0.3 is 15.1 Å². The molecular weight excluding hydrogens is 152 g/mol. The van der Waals surface area contributed by atoms with Gasteiger partial charge in [-0.05, 0) is 0 Å². The van der Waals surface area contributed by atoms with Gasteiger partial charge in [0.05, 0.1) is 13.1 Å². The molecule has 1 fully saturated rings. The first kappa shape index (κ1) is 8.22. The Labute approximate surface area is 63.4 Å². The van der Waals surface area contributed by atoms with Crippen LogP contribution in [0, 0.1) is 15.3 Å². The van der Waals surface area contributed by atoms with E-state index in [0.717, 1.165) is 0 Å². The molecule has 6 nitrogen and oxygen atoms in total. The zero-order valence-electron chi connectivity index (χ0n) is 5.99. The summed E-state index contributed by atoms with van der Waals surface area (Å²) in [6.07, 6.45) is 0.613. The van der Waals surface area contributed by atoms with Gasteiger partial charge >= 0.3 is 0 Å². The highest BCUT2D eigenvalue weighted by molar-refractivity contribution is 4.58. The molecule has 6 heteroatoms. The van der Waals surface area contributed by atoms with E-state index in [1.807, 2.05) is 0 Å². The number of hydrogen-bond acceptors (Lipinski definition) is 4. The summed E-state index contributed by atoms with van der Waals surface area (Å²) in [6.45, 7) is 0.830. The van der Waals surface area contributed by atoms with E-state index in [4.69, 9.17) is 0 Å². The van der Waals surface area contributed by atoms with Crippen molar-refractivity contribution in [3.8, 4) is 0 Å². The summed E-state index contributed by atoms with van der Waals surface area (Å²) < 4.78 is 0. The number of piperidine rings is 1. The van der Waals surface area contributed by atoms with E-state index in [1.165, 1.54) is 0 Å². The quantitative estimate of drug-likeness (QED) is 0.312. The van der Waals surface area contributed by atoms with Gasteiger partial charge in [0.2, 0.25) is 0 Å². The highest BCUT2D eigenvalue weighted by Crippen LogP contribution is 2.03. The molecule has 0 unspecified atom stereocenters. The fraction of sp³-hybridized carbons (Fsp3) is 1.00. The summed E-state index contributed by atoms with van der Waals surface area (Å²) in [5, 5.41) is 19.9. The Morgan fingerprint density at radius 2 is 2.00 bits per heavy atom. The van der Waals surface area contributed by atoms with Gasteiger partial charge in [0, 0.05) is 12.8 Å². The van der Waals surface area contributed by atoms with Crippen molar-refractivity contribution in [2.45, 2.75) is 18.9 Å². The highest BCUT2D eigenvalue weighted by atomic mass is 17.0. The molecule has 0 amide bonds. The predicted molar refractivity (Wildman–Crippen MR) is 35.2 cm³/mol. The summed E-state index contributed by atoms with van der Waals surface area (Å²) in [4.78, 5) is 14.2. The Balaban J connectivity index is 2.22. The van der Waals surface area contributed by atoms with Gasteiger partial charge in [0.1, 0.15) is 6.10 Å². The van der Waals surface area contributed by atoms with Crippen molar-refractivity contribution in [1.29, 1.82) is 0 Å². The summed E-state index contributed by atoms with van der Waals surface area (Å²) in [5.41, 5.74) is 0. The maximum atomic E-state index is 10.7. The summed E-state index contributed by atoms with van der Waals surface area (Å²) in [6, 6.07) is 0. The molecule has 0 radical (unpaired) electrons. The van der Waals surface area contributed by atoms with Crippen LogP contribution in [0.15, 0.2) is 0 Å². The lowest BCUT2D eigenvalue weighted by atomic mass is 10.1. The molecule has 0 saturated carbocycles. The first-order valence-electron chi connectivity index (χ1n) is 3.51. The molecule has 1 saturated heterocycles. The zero-order valence-corrected chi connectivity index (χ0v) is 5.99. The second-order valence-electron chi connectivity index (χ2n) is 2.57. The fourth-order valence-corrected chi connectivity index (χ4v) is 1.14. The molecular formula is C5H10N2O4. The molecule has 1 N–H and O–H groups in total. The monoisotopic (exact) mass is 162 g/mol. The summed E-state index contributed by atoms with van der Waals surface area (Å²) in [5.74, 6) is 0. The van der Waals surface area contributed by atoms with Crippen LogP contribution >= 0.6 is 0 Å². The van der Waals surface area contributed by atoms with Crippen LogP contribution in [0.4, 0.5) is 0 Å². The number of rotatable bonds is 2. The first-order valence-corrected chi connectivity index (χ1v) is 3.51. The average Bonchev–Trinajstić information content (AvgIpc) is 1.93. The summed E-state index contributed by atoms with van der Waals surface area (Å²) in [7, 11) is 0. The lowest BCUT2D eigenvalue weighted by Gasteiger charge is -2.29. The smallest absolute Gasteiger partial charge is 0.294 e. The molecule has 0 spiro atoms. The molecule has 11 heavy (non-hydrogen) atoms. The average molecular weight is 162 g/mol. The first-order chi connectivity index (χ1) is 5.18. The van der Waals surface area contributed by atoms with Crippen LogP contribution in [0.3, 0.4) is 0 Å². The third-order valence-electron chi connectivity index (χ3n) is 1.73. The standard InChI is InChI=1S/C5H10N2O4/c8-6-3-1-5(2-4-6)11-7(9)10/h5-6H,1-4H2. The topological polar surface area (TPSA) is 79.9 Å². The third-order valence-corrected chi connectivity index (χ3v) is 1.73. The molecule has 0 aliphatic carbocycles. The zero-order chi connectivity index (χ0) is 8.27. The SMILES string of the molecule is O=[N+]([O-])OC1CC[NH+]([O-])CC1. The molecule has 1 heterocycles. The van der Waals surface area contributed by atoms with Crippen molar-refractivity contribution in [2.24, 2.45) is 0 Å². The van der Waals surface area contributed by atoms with Crippen LogP contribution in [-0.4, -0.2) is 24.3 Å². The van der Waals surface area contributed by atoms with Gasteiger partial charge in [0.25, 0.3) is 5.09 Å².